The third-order valence-corrected chi connectivity index (χ3v) is 4.67. The first-order valence-electron chi connectivity index (χ1n) is 7.21. The van der Waals surface area contributed by atoms with E-state index >= 15 is 0 Å². The topological polar surface area (TPSA) is 32.3 Å². The molecule has 0 aliphatic carbocycles. The van der Waals surface area contributed by atoms with Gasteiger partial charge in [-0.15, -0.1) is 0 Å². The van der Waals surface area contributed by atoms with Crippen LogP contribution in [0.2, 0.25) is 0 Å². The SMILES string of the molecule is Cc1ccc(NC(=O)N2C3CC(C)CC2C3)cc1C.[HH]. The molecule has 2 aliphatic rings. The number of carbonyl (C=O) groups excluding carboxylic acids is 1. The molecule has 3 heteroatoms. The van der Waals surface area contributed by atoms with E-state index in [1.807, 2.05) is 12.1 Å². The lowest BCUT2D eigenvalue weighted by Crippen LogP contribution is -2.63. The Bertz CT molecular complexity index is 505. The summed E-state index contributed by atoms with van der Waals surface area (Å²) in [6, 6.07) is 7.12. The maximum Gasteiger partial charge on any atom is 0.322 e. The number of urea groups is 1. The molecule has 104 valence electrons. The zero-order chi connectivity index (χ0) is 13.6. The molecule has 19 heavy (non-hydrogen) atoms. The molecule has 0 saturated carbocycles. The minimum absolute atomic E-state index is 0. The summed E-state index contributed by atoms with van der Waals surface area (Å²) in [5.41, 5.74) is 3.38. The third-order valence-electron chi connectivity index (χ3n) is 4.67. The van der Waals surface area contributed by atoms with E-state index in [0.29, 0.717) is 12.1 Å². The van der Waals surface area contributed by atoms with Crippen molar-refractivity contribution in [1.29, 1.82) is 0 Å². The van der Waals surface area contributed by atoms with Gasteiger partial charge in [-0.05, 0) is 62.3 Å². The Labute approximate surface area is 116 Å². The molecule has 0 radical (unpaired) electrons. The molecule has 0 spiro atoms. The van der Waals surface area contributed by atoms with Gasteiger partial charge < -0.3 is 10.2 Å². The summed E-state index contributed by atoms with van der Waals surface area (Å²) in [5.74, 6) is 0.773. The number of hydrogen-bond acceptors (Lipinski definition) is 1. The molecule has 2 bridgehead atoms. The first-order chi connectivity index (χ1) is 9.04. The van der Waals surface area contributed by atoms with E-state index in [1.54, 1.807) is 0 Å². The molecule has 2 aliphatic heterocycles. The summed E-state index contributed by atoms with van der Waals surface area (Å²) in [6.07, 6.45) is 3.53. The van der Waals surface area contributed by atoms with E-state index in [1.165, 1.54) is 17.5 Å². The number of benzene rings is 1. The number of fused-ring (bicyclic) bond motifs is 2. The second kappa shape index (κ2) is 4.55. The second-order valence-corrected chi connectivity index (χ2v) is 6.26. The van der Waals surface area contributed by atoms with Gasteiger partial charge in [-0.2, -0.15) is 0 Å². The summed E-state index contributed by atoms with van der Waals surface area (Å²) in [7, 11) is 0. The standard InChI is InChI=1S/C16H22N2O.H2/c1-10-6-14-9-15(7-10)18(14)16(19)17-13-5-4-11(2)12(3)8-13;/h4-5,8,10,14-15H,6-7,9H2,1-3H3,(H,17,19);1H. The van der Waals surface area contributed by atoms with Gasteiger partial charge in [0.2, 0.25) is 0 Å². The fourth-order valence-electron chi connectivity index (χ4n) is 3.48. The van der Waals surface area contributed by atoms with Crippen LogP contribution < -0.4 is 5.32 Å². The van der Waals surface area contributed by atoms with Crippen LogP contribution in [-0.2, 0) is 0 Å². The van der Waals surface area contributed by atoms with E-state index in [-0.39, 0.29) is 7.46 Å². The Balaban J connectivity index is 0.00000147. The summed E-state index contributed by atoms with van der Waals surface area (Å²) < 4.78 is 0. The highest BCUT2D eigenvalue weighted by Crippen LogP contribution is 2.41. The maximum absolute atomic E-state index is 12.3. The average Bonchev–Trinajstić information content (AvgIpc) is 2.33. The van der Waals surface area contributed by atoms with Crippen LogP contribution in [-0.4, -0.2) is 23.0 Å². The van der Waals surface area contributed by atoms with Crippen molar-refractivity contribution in [3.8, 4) is 0 Å². The highest BCUT2D eigenvalue weighted by Gasteiger charge is 2.46. The Kier molecular flexibility index (Phi) is 3.00. The predicted octanol–water partition coefficient (Wildman–Crippen LogP) is 3.95. The van der Waals surface area contributed by atoms with E-state index in [9.17, 15) is 4.79 Å². The quantitative estimate of drug-likeness (QED) is 0.814. The number of piperidine rings is 1. The van der Waals surface area contributed by atoms with Gasteiger partial charge in [-0.25, -0.2) is 4.79 Å². The minimum atomic E-state index is 0. The van der Waals surface area contributed by atoms with Gasteiger partial charge in [-0.1, -0.05) is 13.0 Å². The molecule has 2 atom stereocenters. The smallest absolute Gasteiger partial charge is 0.318 e. The fourth-order valence-corrected chi connectivity index (χ4v) is 3.48. The van der Waals surface area contributed by atoms with Crippen molar-refractivity contribution in [3.63, 3.8) is 0 Å². The van der Waals surface area contributed by atoms with Crippen LogP contribution >= 0.6 is 0 Å². The normalized spacial score (nSPS) is 28.8. The van der Waals surface area contributed by atoms with Crippen LogP contribution in [0, 0.1) is 19.8 Å². The predicted molar refractivity (Wildman–Crippen MR) is 79.5 cm³/mol. The highest BCUT2D eigenvalue weighted by molar-refractivity contribution is 5.90. The van der Waals surface area contributed by atoms with Gasteiger partial charge >= 0.3 is 6.03 Å². The second-order valence-electron chi connectivity index (χ2n) is 6.26. The Hall–Kier alpha value is -1.51. The molecule has 2 unspecified atom stereocenters. The van der Waals surface area contributed by atoms with Gasteiger partial charge in [-0.3, -0.25) is 0 Å². The first kappa shape index (κ1) is 12.5. The van der Waals surface area contributed by atoms with Gasteiger partial charge in [0.15, 0.2) is 0 Å². The zero-order valence-electron chi connectivity index (χ0n) is 11.9. The van der Waals surface area contributed by atoms with E-state index in [0.717, 1.165) is 24.4 Å². The van der Waals surface area contributed by atoms with Crippen LogP contribution in [0.1, 0.15) is 38.7 Å². The molecule has 2 fully saturated rings. The van der Waals surface area contributed by atoms with Crippen molar-refractivity contribution in [1.82, 2.24) is 4.90 Å². The number of amides is 2. The van der Waals surface area contributed by atoms with Crippen LogP contribution in [0.3, 0.4) is 0 Å². The van der Waals surface area contributed by atoms with Crippen molar-refractivity contribution in [2.75, 3.05) is 5.32 Å². The largest absolute Gasteiger partial charge is 0.322 e. The zero-order valence-corrected chi connectivity index (χ0v) is 11.9. The summed E-state index contributed by atoms with van der Waals surface area (Å²) >= 11 is 0. The Morgan fingerprint density at radius 3 is 2.53 bits per heavy atom. The van der Waals surface area contributed by atoms with Crippen LogP contribution in [0.4, 0.5) is 10.5 Å². The van der Waals surface area contributed by atoms with Gasteiger partial charge in [0.05, 0.1) is 0 Å². The van der Waals surface area contributed by atoms with Gasteiger partial charge in [0.1, 0.15) is 0 Å². The van der Waals surface area contributed by atoms with Crippen molar-refractivity contribution < 1.29 is 6.22 Å². The van der Waals surface area contributed by atoms with Crippen LogP contribution in [0.15, 0.2) is 18.2 Å². The molecule has 1 aromatic carbocycles. The first-order valence-corrected chi connectivity index (χ1v) is 7.21. The lowest BCUT2D eigenvalue weighted by atomic mass is 9.74. The van der Waals surface area contributed by atoms with E-state index in [4.69, 9.17) is 0 Å². The summed E-state index contributed by atoms with van der Waals surface area (Å²) in [4.78, 5) is 14.4. The van der Waals surface area contributed by atoms with E-state index in [2.05, 4.69) is 37.1 Å². The molecule has 2 heterocycles. The number of hydrogen-bond donors (Lipinski definition) is 1. The Morgan fingerprint density at radius 1 is 1.21 bits per heavy atom. The maximum atomic E-state index is 12.3. The molecule has 2 amide bonds. The third kappa shape index (κ3) is 2.22. The number of aryl methyl sites for hydroxylation is 2. The van der Waals surface area contributed by atoms with Crippen molar-refractivity contribution >= 4 is 11.7 Å². The number of carbonyl (C=O) groups is 1. The summed E-state index contributed by atoms with van der Waals surface area (Å²) in [6.45, 7) is 6.45. The average molecular weight is 260 g/mol. The summed E-state index contributed by atoms with van der Waals surface area (Å²) in [5, 5.41) is 3.04. The number of nitrogens with one attached hydrogen (secondary N) is 1. The van der Waals surface area contributed by atoms with Gasteiger partial charge in [0, 0.05) is 19.2 Å². The van der Waals surface area contributed by atoms with Crippen molar-refractivity contribution in [2.24, 2.45) is 5.92 Å². The molecular weight excluding hydrogens is 236 g/mol. The minimum Gasteiger partial charge on any atom is -0.318 e. The lowest BCUT2D eigenvalue weighted by Gasteiger charge is -2.54. The van der Waals surface area contributed by atoms with Gasteiger partial charge in [0.25, 0.3) is 0 Å². The molecule has 1 aromatic rings. The molecule has 1 N–H and O–H groups in total. The molecule has 3 nitrogen and oxygen atoms in total. The number of rotatable bonds is 1. The monoisotopic (exact) mass is 260 g/mol. The molecule has 3 rings (SSSR count). The number of nitrogens with zero attached hydrogens (tertiary/aromatic N) is 1. The molecule has 2 saturated heterocycles. The lowest BCUT2D eigenvalue weighted by molar-refractivity contribution is -0.00600. The van der Waals surface area contributed by atoms with Crippen LogP contribution in [0.5, 0.6) is 0 Å². The molecular formula is C16H24N2O. The highest BCUT2D eigenvalue weighted by atomic mass is 16.2. The number of anilines is 1. The van der Waals surface area contributed by atoms with Crippen molar-refractivity contribution in [3.05, 3.63) is 29.3 Å². The van der Waals surface area contributed by atoms with Crippen molar-refractivity contribution in [2.45, 2.75) is 52.1 Å². The Morgan fingerprint density at radius 2 is 1.89 bits per heavy atom. The van der Waals surface area contributed by atoms with E-state index < -0.39 is 0 Å². The fraction of sp³-hybridized carbons (Fsp3) is 0.562. The van der Waals surface area contributed by atoms with Crippen LogP contribution in [0.25, 0.3) is 0 Å². The molecule has 0 aromatic heterocycles.